The van der Waals surface area contributed by atoms with Gasteiger partial charge in [0.1, 0.15) is 0 Å². The van der Waals surface area contributed by atoms with Gasteiger partial charge in [-0.25, -0.2) is 15.0 Å². The SMILES string of the molecule is Cc1cnc2c(c1)n(C)c(=O)c(=O)n2C1CCN(c2ncc(CN(C)C)cn2)CC1. The van der Waals surface area contributed by atoms with Crippen LogP contribution >= 0.6 is 0 Å². The fourth-order valence-corrected chi connectivity index (χ4v) is 4.05. The third-order valence-electron chi connectivity index (χ3n) is 5.58. The largest absolute Gasteiger partial charge is 0.341 e. The molecule has 0 radical (unpaired) electrons. The zero-order valence-electron chi connectivity index (χ0n) is 17.9. The van der Waals surface area contributed by atoms with Crippen LogP contribution in [0.15, 0.2) is 34.2 Å². The first-order chi connectivity index (χ1) is 14.3. The lowest BCUT2D eigenvalue weighted by Gasteiger charge is -2.33. The zero-order valence-corrected chi connectivity index (χ0v) is 17.9. The molecule has 0 aromatic carbocycles. The van der Waals surface area contributed by atoms with Crippen molar-refractivity contribution < 1.29 is 0 Å². The number of fused-ring (bicyclic) bond motifs is 1. The van der Waals surface area contributed by atoms with Crippen LogP contribution < -0.4 is 16.0 Å². The number of aryl methyl sites for hydroxylation is 2. The first-order valence-corrected chi connectivity index (χ1v) is 10.1. The molecule has 3 aromatic rings. The third kappa shape index (κ3) is 3.72. The molecule has 0 atom stereocenters. The lowest BCUT2D eigenvalue weighted by molar-refractivity contribution is 0.388. The van der Waals surface area contributed by atoms with Gasteiger partial charge in [0.05, 0.1) is 5.52 Å². The standard InChI is InChI=1S/C21H27N7O2/c1-14-9-17-18(22-10-14)28(20(30)19(29)26(17)4)16-5-7-27(8-6-16)21-23-11-15(12-24-21)13-25(2)3/h9-12,16H,5-8,13H2,1-4H3. The number of rotatable bonds is 4. The number of hydrogen-bond acceptors (Lipinski definition) is 7. The topological polar surface area (TPSA) is 89.2 Å². The third-order valence-corrected chi connectivity index (χ3v) is 5.58. The highest BCUT2D eigenvalue weighted by Gasteiger charge is 2.26. The van der Waals surface area contributed by atoms with E-state index in [0.717, 1.165) is 30.5 Å². The van der Waals surface area contributed by atoms with E-state index in [1.54, 1.807) is 17.8 Å². The molecule has 9 heteroatoms. The van der Waals surface area contributed by atoms with Gasteiger partial charge >= 0.3 is 11.1 Å². The van der Waals surface area contributed by atoms with Gasteiger partial charge in [-0.05, 0) is 45.5 Å². The number of piperidine rings is 1. The fraction of sp³-hybridized carbons (Fsp3) is 0.476. The Labute approximate surface area is 174 Å². The molecule has 0 N–H and O–H groups in total. The summed E-state index contributed by atoms with van der Waals surface area (Å²) in [4.78, 5) is 43.0. The summed E-state index contributed by atoms with van der Waals surface area (Å²) in [5, 5.41) is 0. The van der Waals surface area contributed by atoms with Crippen LogP contribution in [0, 0.1) is 6.92 Å². The van der Waals surface area contributed by atoms with Crippen LogP contribution in [0.5, 0.6) is 0 Å². The summed E-state index contributed by atoms with van der Waals surface area (Å²) in [6.07, 6.45) is 6.90. The van der Waals surface area contributed by atoms with Crippen molar-refractivity contribution in [2.24, 2.45) is 7.05 Å². The Balaban J connectivity index is 1.58. The van der Waals surface area contributed by atoms with E-state index in [1.165, 1.54) is 4.57 Å². The van der Waals surface area contributed by atoms with Gasteiger partial charge in [0.2, 0.25) is 5.95 Å². The van der Waals surface area contributed by atoms with E-state index in [9.17, 15) is 9.59 Å². The first kappa shape index (κ1) is 20.2. The lowest BCUT2D eigenvalue weighted by Crippen LogP contribution is -2.45. The van der Waals surface area contributed by atoms with Crippen molar-refractivity contribution in [2.45, 2.75) is 32.4 Å². The smallest absolute Gasteiger partial charge is 0.318 e. The molecule has 0 unspecified atom stereocenters. The van der Waals surface area contributed by atoms with Crippen molar-refractivity contribution >= 4 is 17.1 Å². The quantitative estimate of drug-likeness (QED) is 0.596. The molecule has 1 aliphatic heterocycles. The van der Waals surface area contributed by atoms with Crippen molar-refractivity contribution in [2.75, 3.05) is 32.1 Å². The Hall–Kier alpha value is -3.07. The highest BCUT2D eigenvalue weighted by molar-refractivity contribution is 5.71. The van der Waals surface area contributed by atoms with Crippen LogP contribution in [0.3, 0.4) is 0 Å². The molecule has 1 fully saturated rings. The van der Waals surface area contributed by atoms with Gasteiger partial charge in [-0.3, -0.25) is 14.2 Å². The van der Waals surface area contributed by atoms with E-state index in [2.05, 4.69) is 24.8 Å². The average Bonchev–Trinajstić information content (AvgIpc) is 2.73. The van der Waals surface area contributed by atoms with Gasteiger partial charge < -0.3 is 14.4 Å². The molecular weight excluding hydrogens is 382 g/mol. The molecule has 1 aliphatic rings. The van der Waals surface area contributed by atoms with E-state index in [1.807, 2.05) is 39.5 Å². The summed E-state index contributed by atoms with van der Waals surface area (Å²) in [6.45, 7) is 4.15. The second-order valence-electron chi connectivity index (χ2n) is 8.24. The molecule has 0 spiro atoms. The molecular formula is C21H27N7O2. The molecule has 0 bridgehead atoms. The van der Waals surface area contributed by atoms with Crippen LogP contribution in [-0.4, -0.2) is 56.2 Å². The summed E-state index contributed by atoms with van der Waals surface area (Å²) < 4.78 is 2.99. The molecule has 1 saturated heterocycles. The number of nitrogens with zero attached hydrogens (tertiary/aromatic N) is 7. The molecule has 30 heavy (non-hydrogen) atoms. The fourth-order valence-electron chi connectivity index (χ4n) is 4.05. The van der Waals surface area contributed by atoms with E-state index < -0.39 is 11.1 Å². The Kier molecular flexibility index (Phi) is 5.38. The minimum atomic E-state index is -0.517. The van der Waals surface area contributed by atoms with Gasteiger partial charge in [0, 0.05) is 56.9 Å². The van der Waals surface area contributed by atoms with Gasteiger partial charge in [0.15, 0.2) is 5.65 Å². The van der Waals surface area contributed by atoms with Crippen LogP contribution in [0.4, 0.5) is 5.95 Å². The second-order valence-corrected chi connectivity index (χ2v) is 8.24. The number of pyridine rings is 1. The van der Waals surface area contributed by atoms with E-state index in [4.69, 9.17) is 0 Å². The molecule has 3 aromatic heterocycles. The Bertz CT molecular complexity index is 1170. The van der Waals surface area contributed by atoms with Gasteiger partial charge in [-0.1, -0.05) is 0 Å². The minimum absolute atomic E-state index is 0.0756. The molecule has 9 nitrogen and oxygen atoms in total. The zero-order chi connectivity index (χ0) is 21.4. The Morgan fingerprint density at radius 1 is 1.03 bits per heavy atom. The maximum atomic E-state index is 12.8. The van der Waals surface area contributed by atoms with E-state index >= 15 is 0 Å². The normalized spacial score (nSPS) is 15.3. The lowest BCUT2D eigenvalue weighted by atomic mass is 10.0. The highest BCUT2D eigenvalue weighted by Crippen LogP contribution is 2.25. The predicted molar refractivity (Wildman–Crippen MR) is 116 cm³/mol. The van der Waals surface area contributed by atoms with Crippen LogP contribution in [0.25, 0.3) is 11.2 Å². The number of aromatic nitrogens is 5. The van der Waals surface area contributed by atoms with Gasteiger partial charge in [-0.2, -0.15) is 0 Å². The summed E-state index contributed by atoms with van der Waals surface area (Å²) >= 11 is 0. The minimum Gasteiger partial charge on any atom is -0.341 e. The Morgan fingerprint density at radius 3 is 2.33 bits per heavy atom. The summed E-state index contributed by atoms with van der Waals surface area (Å²) in [5.41, 5.74) is 2.24. The van der Waals surface area contributed by atoms with E-state index in [-0.39, 0.29) is 6.04 Å². The summed E-state index contributed by atoms with van der Waals surface area (Å²) in [5.74, 6) is 0.700. The number of anilines is 1. The van der Waals surface area contributed by atoms with Gasteiger partial charge in [0.25, 0.3) is 0 Å². The molecule has 0 aliphatic carbocycles. The average molecular weight is 409 g/mol. The van der Waals surface area contributed by atoms with Gasteiger partial charge in [-0.15, -0.1) is 0 Å². The van der Waals surface area contributed by atoms with Crippen molar-refractivity contribution in [1.29, 1.82) is 0 Å². The molecule has 0 saturated carbocycles. The predicted octanol–water partition coefficient (Wildman–Crippen LogP) is 1.10. The molecule has 0 amide bonds. The van der Waals surface area contributed by atoms with Crippen LogP contribution in [0.1, 0.15) is 30.0 Å². The molecule has 4 rings (SSSR count). The first-order valence-electron chi connectivity index (χ1n) is 10.1. The monoisotopic (exact) mass is 409 g/mol. The van der Waals surface area contributed by atoms with Crippen molar-refractivity contribution in [3.05, 3.63) is 56.5 Å². The Morgan fingerprint density at radius 2 is 1.70 bits per heavy atom. The van der Waals surface area contributed by atoms with Crippen molar-refractivity contribution in [3.8, 4) is 0 Å². The number of hydrogen-bond donors (Lipinski definition) is 0. The molecule has 158 valence electrons. The molecule has 4 heterocycles. The van der Waals surface area contributed by atoms with Crippen LogP contribution in [-0.2, 0) is 13.6 Å². The van der Waals surface area contributed by atoms with Crippen molar-refractivity contribution in [1.82, 2.24) is 29.0 Å². The van der Waals surface area contributed by atoms with E-state index in [0.29, 0.717) is 30.2 Å². The summed E-state index contributed by atoms with van der Waals surface area (Å²) in [7, 11) is 5.65. The van der Waals surface area contributed by atoms with Crippen molar-refractivity contribution in [3.63, 3.8) is 0 Å². The second kappa shape index (κ2) is 7.98. The maximum absolute atomic E-state index is 12.8. The van der Waals surface area contributed by atoms with Crippen LogP contribution in [0.2, 0.25) is 0 Å². The maximum Gasteiger partial charge on any atom is 0.318 e. The summed E-state index contributed by atoms with van der Waals surface area (Å²) in [6, 6.07) is 1.83. The highest BCUT2D eigenvalue weighted by atomic mass is 16.2.